The predicted molar refractivity (Wildman–Crippen MR) is 230 cm³/mol. The minimum absolute atomic E-state index is 0.107. The minimum atomic E-state index is 0.107. The fraction of sp³-hybridized carbons (Fsp3) is 0.364. The summed E-state index contributed by atoms with van der Waals surface area (Å²) in [6.45, 7) is 17.3. The standard InChI is InChI=1S/C23H27N5OS.C21H24N4OS/c1-5-27-21(17-7-6-11-24-14-17)25-26-22(27)30-15-20(29)28-12-10-16-13-18(23(2,3)4)8-9-19(16)28;1-4-25-20(18-6-5-11-22-13-18)23-24-21(25)27-14-19(26)12-16-7-9-17(10-8-16)15(2)3/h6-9,11,13-14H,5,10,12,15H2,1-4H3;5-11,13,15H,4,12,14H2,1-3H3. The van der Waals surface area contributed by atoms with Gasteiger partial charge in [0.2, 0.25) is 5.91 Å². The average molecular weight is 802 g/mol. The Morgan fingerprint density at radius 2 is 1.33 bits per heavy atom. The van der Waals surface area contributed by atoms with Crippen LogP contribution in [0, 0.1) is 0 Å². The molecule has 0 N–H and O–H groups in total. The first-order valence-corrected chi connectivity index (χ1v) is 21.4. The molecule has 5 heterocycles. The maximum Gasteiger partial charge on any atom is 0.237 e. The number of rotatable bonds is 13. The van der Waals surface area contributed by atoms with Crippen molar-refractivity contribution in [3.05, 3.63) is 114 Å². The van der Waals surface area contributed by atoms with Crippen LogP contribution in [0.4, 0.5) is 5.69 Å². The summed E-state index contributed by atoms with van der Waals surface area (Å²) in [4.78, 5) is 35.6. The normalized spacial score (nSPS) is 12.4. The number of aromatic nitrogens is 8. The van der Waals surface area contributed by atoms with Gasteiger partial charge in [-0.1, -0.05) is 94.5 Å². The summed E-state index contributed by atoms with van der Waals surface area (Å²) in [5, 5.41) is 18.7. The summed E-state index contributed by atoms with van der Waals surface area (Å²) >= 11 is 2.88. The lowest BCUT2D eigenvalue weighted by Gasteiger charge is -2.21. The number of nitrogens with zero attached hydrogens (tertiary/aromatic N) is 9. The molecule has 0 fully saturated rings. The molecular formula is C44H51N9O2S2. The van der Waals surface area contributed by atoms with Crippen molar-refractivity contribution >= 4 is 40.9 Å². The van der Waals surface area contributed by atoms with Gasteiger partial charge in [-0.3, -0.25) is 19.6 Å². The molecule has 57 heavy (non-hydrogen) atoms. The van der Waals surface area contributed by atoms with Crippen LogP contribution in [0.1, 0.15) is 76.6 Å². The number of carbonyl (C=O) groups is 2. The van der Waals surface area contributed by atoms with Gasteiger partial charge in [-0.2, -0.15) is 0 Å². The molecule has 13 heteroatoms. The third-order valence-corrected chi connectivity index (χ3v) is 11.8. The zero-order valence-electron chi connectivity index (χ0n) is 33.8. The molecule has 0 saturated carbocycles. The second kappa shape index (κ2) is 18.9. The number of pyridine rings is 2. The minimum Gasteiger partial charge on any atom is -0.311 e. The number of Topliss-reactive ketones (excluding diaryl/α,β-unsaturated/α-hetero) is 1. The monoisotopic (exact) mass is 801 g/mol. The summed E-state index contributed by atoms with van der Waals surface area (Å²) in [5.41, 5.74) is 7.92. The van der Waals surface area contributed by atoms with Crippen LogP contribution in [0.3, 0.4) is 0 Å². The number of ketones is 1. The van der Waals surface area contributed by atoms with Gasteiger partial charge in [-0.15, -0.1) is 20.4 Å². The molecule has 0 saturated heterocycles. The molecule has 0 radical (unpaired) electrons. The molecular weight excluding hydrogens is 751 g/mol. The van der Waals surface area contributed by atoms with Crippen molar-refractivity contribution in [3.8, 4) is 22.8 Å². The molecule has 0 atom stereocenters. The third kappa shape index (κ3) is 10.2. The molecule has 1 aliphatic heterocycles. The summed E-state index contributed by atoms with van der Waals surface area (Å²) in [6, 6.07) is 22.5. The van der Waals surface area contributed by atoms with Gasteiger partial charge in [-0.05, 0) is 84.2 Å². The van der Waals surface area contributed by atoms with E-state index in [1.165, 1.54) is 40.2 Å². The predicted octanol–water partition coefficient (Wildman–Crippen LogP) is 8.73. The zero-order valence-corrected chi connectivity index (χ0v) is 35.5. The number of hydrogen-bond acceptors (Lipinski definition) is 10. The fourth-order valence-electron chi connectivity index (χ4n) is 6.55. The first kappa shape index (κ1) is 41.5. The van der Waals surface area contributed by atoms with Crippen molar-refractivity contribution in [1.29, 1.82) is 0 Å². The Balaban J connectivity index is 0.000000194. The maximum atomic E-state index is 13.0. The van der Waals surface area contributed by atoms with E-state index >= 15 is 0 Å². The van der Waals surface area contributed by atoms with Gasteiger partial charge < -0.3 is 14.0 Å². The second-order valence-electron chi connectivity index (χ2n) is 15.2. The molecule has 0 aliphatic carbocycles. The highest BCUT2D eigenvalue weighted by Crippen LogP contribution is 2.34. The Labute approximate surface area is 344 Å². The quantitative estimate of drug-likeness (QED) is 0.105. The maximum absolute atomic E-state index is 13.0. The smallest absolute Gasteiger partial charge is 0.237 e. The molecule has 0 unspecified atom stereocenters. The molecule has 11 nitrogen and oxygen atoms in total. The topological polar surface area (TPSA) is 125 Å². The van der Waals surface area contributed by atoms with E-state index in [4.69, 9.17) is 0 Å². The van der Waals surface area contributed by atoms with Gasteiger partial charge in [0.15, 0.2) is 22.0 Å². The van der Waals surface area contributed by atoms with Crippen LogP contribution in [-0.2, 0) is 40.9 Å². The van der Waals surface area contributed by atoms with E-state index in [1.54, 1.807) is 24.8 Å². The number of fused-ring (bicyclic) bond motifs is 1. The lowest BCUT2D eigenvalue weighted by atomic mass is 9.86. The third-order valence-electron chi connectivity index (χ3n) is 9.78. The lowest BCUT2D eigenvalue weighted by molar-refractivity contribution is -0.116. The van der Waals surface area contributed by atoms with Crippen molar-refractivity contribution in [2.24, 2.45) is 0 Å². The number of anilines is 1. The number of carbonyl (C=O) groups excluding carboxylic acids is 2. The number of amides is 1. The molecule has 0 spiro atoms. The molecule has 7 rings (SSSR count). The molecule has 0 bridgehead atoms. The number of thioether (sulfide) groups is 2. The Kier molecular flexibility index (Phi) is 13.7. The zero-order chi connectivity index (χ0) is 40.5. The summed E-state index contributed by atoms with van der Waals surface area (Å²) in [6.07, 6.45) is 8.38. The van der Waals surface area contributed by atoms with E-state index in [0.717, 1.165) is 70.4 Å². The first-order valence-electron chi connectivity index (χ1n) is 19.4. The molecule has 6 aromatic rings. The highest BCUT2D eigenvalue weighted by atomic mass is 32.2. The Morgan fingerprint density at radius 3 is 1.84 bits per heavy atom. The highest BCUT2D eigenvalue weighted by Gasteiger charge is 2.27. The molecule has 296 valence electrons. The summed E-state index contributed by atoms with van der Waals surface area (Å²) < 4.78 is 4.05. The fourth-order valence-corrected chi connectivity index (χ4v) is 8.29. The molecule has 4 aromatic heterocycles. The van der Waals surface area contributed by atoms with Crippen LogP contribution in [0.15, 0.2) is 102 Å². The second-order valence-corrected chi connectivity index (χ2v) is 17.0. The van der Waals surface area contributed by atoms with Crippen molar-refractivity contribution < 1.29 is 9.59 Å². The number of benzene rings is 2. The van der Waals surface area contributed by atoms with E-state index in [2.05, 4.69) is 102 Å². The Morgan fingerprint density at radius 1 is 0.754 bits per heavy atom. The molecule has 2 aromatic carbocycles. The van der Waals surface area contributed by atoms with Crippen LogP contribution < -0.4 is 4.90 Å². The summed E-state index contributed by atoms with van der Waals surface area (Å²) in [5.74, 6) is 3.08. The van der Waals surface area contributed by atoms with Crippen LogP contribution >= 0.6 is 23.5 Å². The largest absolute Gasteiger partial charge is 0.311 e. The van der Waals surface area contributed by atoms with Crippen molar-refractivity contribution in [2.75, 3.05) is 23.0 Å². The van der Waals surface area contributed by atoms with Gasteiger partial charge in [0.1, 0.15) is 5.78 Å². The van der Waals surface area contributed by atoms with E-state index in [1.807, 2.05) is 57.4 Å². The summed E-state index contributed by atoms with van der Waals surface area (Å²) in [7, 11) is 0. The van der Waals surface area contributed by atoms with Crippen LogP contribution in [0.5, 0.6) is 0 Å². The van der Waals surface area contributed by atoms with Gasteiger partial charge >= 0.3 is 0 Å². The van der Waals surface area contributed by atoms with Gasteiger partial charge in [0, 0.05) is 67.7 Å². The first-order chi connectivity index (χ1) is 27.5. The van der Waals surface area contributed by atoms with E-state index in [0.29, 0.717) is 23.8 Å². The lowest BCUT2D eigenvalue weighted by Crippen LogP contribution is -2.30. The van der Waals surface area contributed by atoms with Crippen LogP contribution in [-0.4, -0.2) is 69.2 Å². The highest BCUT2D eigenvalue weighted by molar-refractivity contribution is 8.00. The van der Waals surface area contributed by atoms with Crippen molar-refractivity contribution in [2.45, 2.75) is 96.0 Å². The van der Waals surface area contributed by atoms with Crippen molar-refractivity contribution in [1.82, 2.24) is 39.5 Å². The van der Waals surface area contributed by atoms with Gasteiger partial charge in [0.05, 0.1) is 11.5 Å². The van der Waals surface area contributed by atoms with Gasteiger partial charge in [-0.25, -0.2) is 0 Å². The van der Waals surface area contributed by atoms with Crippen LogP contribution in [0.25, 0.3) is 22.8 Å². The SMILES string of the molecule is CCn1c(SCC(=O)Cc2ccc(C(C)C)cc2)nnc1-c1cccnc1.CCn1c(SCC(=O)N2CCc3cc(C(C)(C)C)ccc32)nnc1-c1cccnc1. The molecule has 1 aliphatic rings. The van der Waals surface area contributed by atoms with E-state index in [-0.39, 0.29) is 17.1 Å². The number of hydrogen-bond donors (Lipinski definition) is 0. The Hall–Kier alpha value is -5.14. The molecule has 1 amide bonds. The van der Waals surface area contributed by atoms with Gasteiger partial charge in [0.25, 0.3) is 0 Å². The van der Waals surface area contributed by atoms with Crippen LogP contribution in [0.2, 0.25) is 0 Å². The Bertz CT molecular complexity index is 2270. The van der Waals surface area contributed by atoms with E-state index in [9.17, 15) is 9.59 Å². The average Bonchev–Trinajstić information content (AvgIpc) is 3.96. The van der Waals surface area contributed by atoms with Crippen molar-refractivity contribution in [3.63, 3.8) is 0 Å². The van der Waals surface area contributed by atoms with E-state index < -0.39 is 0 Å².